The van der Waals surface area contributed by atoms with Gasteiger partial charge in [0.15, 0.2) is 0 Å². The molecule has 3 aliphatic heterocycles. The number of allylic oxidation sites excluding steroid dienone is 2. The number of fused-ring (bicyclic) bond motifs is 5. The lowest BCUT2D eigenvalue weighted by molar-refractivity contribution is -0.114. The van der Waals surface area contributed by atoms with Crippen molar-refractivity contribution in [1.82, 2.24) is 9.80 Å². The molecule has 0 aromatic rings. The first kappa shape index (κ1) is 18.7. The minimum absolute atomic E-state index is 0.411. The predicted molar refractivity (Wildman–Crippen MR) is 111 cm³/mol. The summed E-state index contributed by atoms with van der Waals surface area (Å²) in [6.45, 7) is 8.90. The van der Waals surface area contributed by atoms with Gasteiger partial charge in [-0.1, -0.05) is 37.6 Å². The molecule has 4 rings (SSSR count). The quantitative estimate of drug-likeness (QED) is 0.568. The third-order valence-electron chi connectivity index (χ3n) is 8.57. The highest BCUT2D eigenvalue weighted by atomic mass is 15.3. The van der Waals surface area contributed by atoms with Crippen molar-refractivity contribution in [3.63, 3.8) is 0 Å². The van der Waals surface area contributed by atoms with Crippen molar-refractivity contribution in [1.29, 1.82) is 0 Å². The zero-order valence-corrected chi connectivity index (χ0v) is 17.3. The molecule has 146 valence electrons. The van der Waals surface area contributed by atoms with Crippen LogP contribution < -0.4 is 0 Å². The van der Waals surface area contributed by atoms with Crippen LogP contribution in [-0.4, -0.2) is 47.1 Å². The van der Waals surface area contributed by atoms with Crippen molar-refractivity contribution in [2.75, 3.05) is 19.6 Å². The summed E-state index contributed by atoms with van der Waals surface area (Å²) in [5.74, 6) is 0. The lowest BCUT2D eigenvalue weighted by Crippen LogP contribution is -2.67. The minimum Gasteiger partial charge on any atom is -0.298 e. The molecular formula is C24H40N2. The summed E-state index contributed by atoms with van der Waals surface area (Å²) in [7, 11) is 0. The Morgan fingerprint density at radius 3 is 2.46 bits per heavy atom. The molecule has 1 saturated carbocycles. The van der Waals surface area contributed by atoms with Gasteiger partial charge in [-0.25, -0.2) is 0 Å². The van der Waals surface area contributed by atoms with Gasteiger partial charge in [0.05, 0.1) is 0 Å². The van der Waals surface area contributed by atoms with Crippen LogP contribution in [0.15, 0.2) is 24.3 Å². The lowest BCUT2D eigenvalue weighted by Gasteiger charge is -2.63. The zero-order valence-electron chi connectivity index (χ0n) is 17.3. The first-order valence-electron chi connectivity index (χ1n) is 11.5. The van der Waals surface area contributed by atoms with E-state index in [0.29, 0.717) is 11.0 Å². The Morgan fingerprint density at radius 2 is 1.65 bits per heavy atom. The molecule has 0 amide bonds. The van der Waals surface area contributed by atoms with Crippen LogP contribution >= 0.6 is 0 Å². The summed E-state index contributed by atoms with van der Waals surface area (Å²) in [5.41, 5.74) is 0.924. The summed E-state index contributed by atoms with van der Waals surface area (Å²) >= 11 is 0. The van der Waals surface area contributed by atoms with E-state index in [0.717, 1.165) is 12.1 Å². The molecule has 4 atom stereocenters. The third kappa shape index (κ3) is 3.11. The number of rotatable bonds is 1. The number of hydrogen-bond donors (Lipinski definition) is 0. The maximum Gasteiger partial charge on any atom is 0.0260 e. The Kier molecular flexibility index (Phi) is 5.62. The molecule has 2 heteroatoms. The van der Waals surface area contributed by atoms with Crippen molar-refractivity contribution in [2.24, 2.45) is 5.41 Å². The smallest absolute Gasteiger partial charge is 0.0260 e. The molecule has 0 aromatic carbocycles. The van der Waals surface area contributed by atoms with Crippen LogP contribution in [0.2, 0.25) is 0 Å². The Morgan fingerprint density at radius 1 is 0.885 bits per heavy atom. The SMILES string of the molecule is CCC12CCC1(C)N1C/C=C\CCCCC1C1CCC/C=C\CCN1C2. The maximum atomic E-state index is 3.01. The fourth-order valence-corrected chi connectivity index (χ4v) is 6.68. The van der Waals surface area contributed by atoms with Crippen molar-refractivity contribution in [3.8, 4) is 0 Å². The second-order valence-corrected chi connectivity index (χ2v) is 9.61. The molecule has 4 aliphatic rings. The second-order valence-electron chi connectivity index (χ2n) is 9.61. The van der Waals surface area contributed by atoms with Gasteiger partial charge < -0.3 is 0 Å². The Balaban J connectivity index is 1.73. The van der Waals surface area contributed by atoms with E-state index in [2.05, 4.69) is 48.0 Å². The Hall–Kier alpha value is -0.600. The molecule has 3 heterocycles. The van der Waals surface area contributed by atoms with Gasteiger partial charge in [0, 0.05) is 42.7 Å². The van der Waals surface area contributed by atoms with E-state index in [4.69, 9.17) is 0 Å². The van der Waals surface area contributed by atoms with E-state index in [-0.39, 0.29) is 0 Å². The highest BCUT2D eigenvalue weighted by Gasteiger charge is 2.61. The lowest BCUT2D eigenvalue weighted by atomic mass is 9.53. The summed E-state index contributed by atoms with van der Waals surface area (Å²) in [5, 5.41) is 0. The maximum absolute atomic E-state index is 3.01. The molecule has 2 fully saturated rings. The summed E-state index contributed by atoms with van der Waals surface area (Å²) < 4.78 is 0. The van der Waals surface area contributed by atoms with Gasteiger partial charge in [-0.3, -0.25) is 9.80 Å². The second kappa shape index (κ2) is 7.80. The van der Waals surface area contributed by atoms with Crippen molar-refractivity contribution >= 4 is 0 Å². The monoisotopic (exact) mass is 356 g/mol. The Bertz CT molecular complexity index is 534. The molecule has 4 unspecified atom stereocenters. The van der Waals surface area contributed by atoms with Gasteiger partial charge in [0.2, 0.25) is 0 Å². The van der Waals surface area contributed by atoms with Gasteiger partial charge in [0.25, 0.3) is 0 Å². The van der Waals surface area contributed by atoms with E-state index in [1.54, 1.807) is 0 Å². The highest BCUT2D eigenvalue weighted by Crippen LogP contribution is 2.59. The molecular weight excluding hydrogens is 316 g/mol. The molecule has 2 nitrogen and oxygen atoms in total. The minimum atomic E-state index is 0.411. The Labute approximate surface area is 161 Å². The van der Waals surface area contributed by atoms with E-state index < -0.39 is 0 Å². The van der Waals surface area contributed by atoms with Gasteiger partial charge >= 0.3 is 0 Å². The predicted octanol–water partition coefficient (Wildman–Crippen LogP) is 5.55. The van der Waals surface area contributed by atoms with Crippen LogP contribution in [-0.2, 0) is 0 Å². The van der Waals surface area contributed by atoms with Crippen molar-refractivity contribution < 1.29 is 0 Å². The van der Waals surface area contributed by atoms with Gasteiger partial charge in [-0.15, -0.1) is 0 Å². The molecule has 0 radical (unpaired) electrons. The topological polar surface area (TPSA) is 6.48 Å². The average molecular weight is 357 g/mol. The first-order valence-corrected chi connectivity index (χ1v) is 11.5. The van der Waals surface area contributed by atoms with Gasteiger partial charge in [0.1, 0.15) is 0 Å². The van der Waals surface area contributed by atoms with E-state index in [1.807, 2.05) is 0 Å². The third-order valence-corrected chi connectivity index (χ3v) is 8.57. The van der Waals surface area contributed by atoms with Crippen LogP contribution in [0.1, 0.15) is 84.5 Å². The van der Waals surface area contributed by atoms with Crippen LogP contribution in [0.4, 0.5) is 0 Å². The molecule has 0 bridgehead atoms. The van der Waals surface area contributed by atoms with Crippen LogP contribution in [0.25, 0.3) is 0 Å². The molecule has 1 aliphatic carbocycles. The molecule has 1 saturated heterocycles. The molecule has 0 aromatic heterocycles. The first-order chi connectivity index (χ1) is 12.7. The fraction of sp³-hybridized carbons (Fsp3) is 0.833. The highest BCUT2D eigenvalue weighted by molar-refractivity contribution is 5.18. The van der Waals surface area contributed by atoms with Crippen LogP contribution in [0.3, 0.4) is 0 Å². The van der Waals surface area contributed by atoms with Crippen LogP contribution in [0, 0.1) is 5.41 Å². The standard InChI is InChI=1S/C24H40N2/c1-3-24-17-16-23(24,2)26-19-13-9-5-7-11-15-22(26)21-14-10-6-4-8-12-18-25(21)20-24/h4,8-9,13,21-22H,3,5-7,10-12,14-20H2,1-2H3/b8-4-,13-9-. The normalized spacial score (nSPS) is 44.8. The summed E-state index contributed by atoms with van der Waals surface area (Å²) in [6.07, 6.45) is 24.8. The van der Waals surface area contributed by atoms with Crippen molar-refractivity contribution in [2.45, 2.75) is 102 Å². The fourth-order valence-electron chi connectivity index (χ4n) is 6.68. The van der Waals surface area contributed by atoms with E-state index >= 15 is 0 Å². The summed E-state index contributed by atoms with van der Waals surface area (Å²) in [4.78, 5) is 5.97. The van der Waals surface area contributed by atoms with Gasteiger partial charge in [-0.2, -0.15) is 0 Å². The zero-order chi connectivity index (χ0) is 18.0. The van der Waals surface area contributed by atoms with Gasteiger partial charge in [-0.05, 0) is 71.1 Å². The average Bonchev–Trinajstić information content (AvgIpc) is 2.81. The largest absolute Gasteiger partial charge is 0.298 e. The van der Waals surface area contributed by atoms with Crippen molar-refractivity contribution in [3.05, 3.63) is 24.3 Å². The molecule has 0 N–H and O–H groups in total. The van der Waals surface area contributed by atoms with Crippen LogP contribution in [0.5, 0.6) is 0 Å². The van der Waals surface area contributed by atoms with E-state index in [9.17, 15) is 0 Å². The van der Waals surface area contributed by atoms with E-state index in [1.165, 1.54) is 90.3 Å². The molecule has 0 spiro atoms. The molecule has 26 heavy (non-hydrogen) atoms. The number of hydrogen-bond acceptors (Lipinski definition) is 2. The number of nitrogens with zero attached hydrogens (tertiary/aromatic N) is 2. The summed E-state index contributed by atoms with van der Waals surface area (Å²) in [6, 6.07) is 1.53.